The highest BCUT2D eigenvalue weighted by molar-refractivity contribution is 9.10. The first-order valence-corrected chi connectivity index (χ1v) is 4.88. The molecule has 5 heteroatoms. The molecule has 1 nitrogen and oxygen atoms in total. The lowest BCUT2D eigenvalue weighted by Crippen LogP contribution is -2.04. The van der Waals surface area contributed by atoms with E-state index in [9.17, 15) is 13.2 Å². The third-order valence-electron chi connectivity index (χ3n) is 1.66. The van der Waals surface area contributed by atoms with E-state index in [0.717, 1.165) is 12.1 Å². The van der Waals surface area contributed by atoms with Crippen molar-refractivity contribution < 1.29 is 18.3 Å². The smallest absolute Gasteiger partial charge is 0.392 e. The standard InChI is InChI=1S/C10H8BrF3O/c11-9-5-7(2-1-3-15)4-8(6-9)10(12,13)14/h1-2,4-6,15H,3H2/b2-1+. The lowest BCUT2D eigenvalue weighted by atomic mass is 10.1. The SMILES string of the molecule is OC/C=C/c1cc(Br)cc(C(F)(F)F)c1. The average Bonchev–Trinajstić information content (AvgIpc) is 2.12. The minimum absolute atomic E-state index is 0.201. The van der Waals surface area contributed by atoms with E-state index in [0.29, 0.717) is 10.0 Å². The van der Waals surface area contributed by atoms with Gasteiger partial charge in [-0.1, -0.05) is 28.1 Å². The second-order valence-electron chi connectivity index (χ2n) is 2.86. The molecule has 0 saturated carbocycles. The predicted molar refractivity (Wildman–Crippen MR) is 55.3 cm³/mol. The summed E-state index contributed by atoms with van der Waals surface area (Å²) in [4.78, 5) is 0. The Morgan fingerprint density at radius 2 is 1.93 bits per heavy atom. The number of hydrogen-bond acceptors (Lipinski definition) is 1. The third kappa shape index (κ3) is 3.68. The summed E-state index contributed by atoms with van der Waals surface area (Å²) in [5.41, 5.74) is -0.319. The number of alkyl halides is 3. The summed E-state index contributed by atoms with van der Waals surface area (Å²) in [5, 5.41) is 8.51. The maximum Gasteiger partial charge on any atom is 0.416 e. The van der Waals surface area contributed by atoms with Crippen LogP contribution in [-0.4, -0.2) is 11.7 Å². The van der Waals surface area contributed by atoms with Crippen molar-refractivity contribution >= 4 is 22.0 Å². The zero-order valence-corrected chi connectivity index (χ0v) is 9.14. The van der Waals surface area contributed by atoms with Crippen molar-refractivity contribution in [1.29, 1.82) is 0 Å². The molecule has 0 unspecified atom stereocenters. The third-order valence-corrected chi connectivity index (χ3v) is 2.12. The fraction of sp³-hybridized carbons (Fsp3) is 0.200. The highest BCUT2D eigenvalue weighted by Gasteiger charge is 2.30. The first-order chi connectivity index (χ1) is 6.93. The van der Waals surface area contributed by atoms with Gasteiger partial charge in [-0.25, -0.2) is 0 Å². The number of aliphatic hydroxyl groups is 1. The number of rotatable bonds is 2. The van der Waals surface area contributed by atoms with Crippen molar-refractivity contribution in [1.82, 2.24) is 0 Å². The monoisotopic (exact) mass is 280 g/mol. The molecule has 0 spiro atoms. The molecule has 1 aromatic rings. The Balaban J connectivity index is 3.11. The number of halogens is 4. The zero-order valence-electron chi connectivity index (χ0n) is 7.55. The second kappa shape index (κ2) is 4.81. The zero-order chi connectivity index (χ0) is 11.5. The van der Waals surface area contributed by atoms with Crippen molar-refractivity contribution in [2.24, 2.45) is 0 Å². The second-order valence-corrected chi connectivity index (χ2v) is 3.77. The van der Waals surface area contributed by atoms with Gasteiger partial charge in [0.1, 0.15) is 0 Å². The molecule has 15 heavy (non-hydrogen) atoms. The molecule has 0 aliphatic rings. The molecule has 0 amide bonds. The Hall–Kier alpha value is -0.810. The molecule has 0 saturated heterocycles. The molecule has 82 valence electrons. The van der Waals surface area contributed by atoms with E-state index in [4.69, 9.17) is 5.11 Å². The van der Waals surface area contributed by atoms with Gasteiger partial charge in [0.15, 0.2) is 0 Å². The van der Waals surface area contributed by atoms with Crippen LogP contribution in [-0.2, 0) is 6.18 Å². The van der Waals surface area contributed by atoms with Crippen LogP contribution in [0.3, 0.4) is 0 Å². The van der Waals surface area contributed by atoms with Crippen LogP contribution in [0, 0.1) is 0 Å². The van der Waals surface area contributed by atoms with Gasteiger partial charge in [0.25, 0.3) is 0 Å². The van der Waals surface area contributed by atoms with Crippen LogP contribution in [0.2, 0.25) is 0 Å². The van der Waals surface area contributed by atoms with Crippen LogP contribution in [0.25, 0.3) is 6.08 Å². The van der Waals surface area contributed by atoms with Gasteiger partial charge < -0.3 is 5.11 Å². The first kappa shape index (κ1) is 12.3. The molecule has 0 fully saturated rings. The summed E-state index contributed by atoms with van der Waals surface area (Å²) >= 11 is 3.00. The van der Waals surface area contributed by atoms with Crippen LogP contribution in [0.4, 0.5) is 13.2 Å². The Labute approximate surface area is 93.4 Å². The molecule has 1 rings (SSSR count). The summed E-state index contributed by atoms with van der Waals surface area (Å²) in [6.45, 7) is -0.201. The maximum absolute atomic E-state index is 12.4. The molecular formula is C10H8BrF3O. The number of aliphatic hydroxyl groups excluding tert-OH is 1. The highest BCUT2D eigenvalue weighted by atomic mass is 79.9. The Kier molecular flexibility index (Phi) is 3.93. The fourth-order valence-corrected chi connectivity index (χ4v) is 1.57. The summed E-state index contributed by atoms with van der Waals surface area (Å²) in [5.74, 6) is 0. The van der Waals surface area contributed by atoms with Gasteiger partial charge >= 0.3 is 6.18 Å². The molecular weight excluding hydrogens is 273 g/mol. The van der Waals surface area contributed by atoms with Gasteiger partial charge in [-0.2, -0.15) is 13.2 Å². The Morgan fingerprint density at radius 1 is 1.27 bits per heavy atom. The molecule has 0 aliphatic carbocycles. The van der Waals surface area contributed by atoms with Crippen LogP contribution in [0.15, 0.2) is 28.7 Å². The van der Waals surface area contributed by atoms with Crippen molar-refractivity contribution in [3.8, 4) is 0 Å². The van der Waals surface area contributed by atoms with E-state index in [2.05, 4.69) is 15.9 Å². The predicted octanol–water partition coefficient (Wildman–Crippen LogP) is 3.47. The topological polar surface area (TPSA) is 20.2 Å². The molecule has 0 atom stereocenters. The van der Waals surface area contributed by atoms with E-state index in [1.54, 1.807) is 6.07 Å². The summed E-state index contributed by atoms with van der Waals surface area (Å²) in [6, 6.07) is 3.58. The van der Waals surface area contributed by atoms with Crippen LogP contribution in [0.1, 0.15) is 11.1 Å². The van der Waals surface area contributed by atoms with E-state index in [1.807, 2.05) is 0 Å². The van der Waals surface area contributed by atoms with Gasteiger partial charge in [-0.15, -0.1) is 0 Å². The van der Waals surface area contributed by atoms with Crippen molar-refractivity contribution in [3.05, 3.63) is 39.9 Å². The fourth-order valence-electron chi connectivity index (χ4n) is 1.06. The van der Waals surface area contributed by atoms with Gasteiger partial charge in [-0.3, -0.25) is 0 Å². The number of hydrogen-bond donors (Lipinski definition) is 1. The summed E-state index contributed by atoms with van der Waals surface area (Å²) in [7, 11) is 0. The van der Waals surface area contributed by atoms with Gasteiger partial charge in [0.05, 0.1) is 12.2 Å². The molecule has 1 aromatic carbocycles. The van der Waals surface area contributed by atoms with Gasteiger partial charge in [0, 0.05) is 4.47 Å². The highest BCUT2D eigenvalue weighted by Crippen LogP contribution is 2.32. The van der Waals surface area contributed by atoms with E-state index in [1.165, 1.54) is 12.2 Å². The summed E-state index contributed by atoms with van der Waals surface area (Å²) < 4.78 is 37.5. The molecule has 0 heterocycles. The molecule has 0 aromatic heterocycles. The van der Waals surface area contributed by atoms with Gasteiger partial charge in [0.2, 0.25) is 0 Å². The van der Waals surface area contributed by atoms with Crippen LogP contribution in [0.5, 0.6) is 0 Å². The molecule has 0 aliphatic heterocycles. The van der Waals surface area contributed by atoms with Crippen molar-refractivity contribution in [2.75, 3.05) is 6.61 Å². The molecule has 1 N–H and O–H groups in total. The lowest BCUT2D eigenvalue weighted by Gasteiger charge is -2.08. The Morgan fingerprint density at radius 3 is 2.47 bits per heavy atom. The van der Waals surface area contributed by atoms with E-state index >= 15 is 0 Å². The van der Waals surface area contributed by atoms with E-state index < -0.39 is 11.7 Å². The van der Waals surface area contributed by atoms with Crippen LogP contribution >= 0.6 is 15.9 Å². The van der Waals surface area contributed by atoms with Crippen molar-refractivity contribution in [3.63, 3.8) is 0 Å². The summed E-state index contributed by atoms with van der Waals surface area (Å²) in [6.07, 6.45) is -1.55. The Bertz CT molecular complexity index is 371. The normalized spacial score (nSPS) is 12.3. The first-order valence-electron chi connectivity index (χ1n) is 4.08. The number of benzene rings is 1. The van der Waals surface area contributed by atoms with Crippen LogP contribution < -0.4 is 0 Å². The molecule has 0 bridgehead atoms. The minimum atomic E-state index is -4.36. The minimum Gasteiger partial charge on any atom is -0.392 e. The molecule has 0 radical (unpaired) electrons. The maximum atomic E-state index is 12.4. The van der Waals surface area contributed by atoms with Crippen molar-refractivity contribution in [2.45, 2.75) is 6.18 Å². The average molecular weight is 281 g/mol. The lowest BCUT2D eigenvalue weighted by molar-refractivity contribution is -0.137. The largest absolute Gasteiger partial charge is 0.416 e. The van der Waals surface area contributed by atoms with E-state index in [-0.39, 0.29) is 6.61 Å². The van der Waals surface area contributed by atoms with Gasteiger partial charge in [-0.05, 0) is 23.8 Å². The quantitative estimate of drug-likeness (QED) is 0.880.